The second-order valence-corrected chi connectivity index (χ2v) is 9.89. The van der Waals surface area contributed by atoms with Crippen LogP contribution in [0.15, 0.2) is 48.2 Å². The standard InChI is InChI=1S/C22H22ClN7O4S2/c1-33-19-20(35)34-16(9-31)18(32)22(19,30-8-14(28-29-30)15-10-36-21(24)27-15)12-6-11(23)7-26-17(12)13-4-2-3-5-25-13/h2-8,10,16,18-20,31-32,35H,9H2,1H3,(H2,24,27)/t16-,18+,19+,20-,22+/m0/s1. The number of nitrogens with two attached hydrogens (primary N) is 1. The van der Waals surface area contributed by atoms with Gasteiger partial charge in [0.15, 0.2) is 5.13 Å². The number of methoxy groups -OCH3 is 1. The summed E-state index contributed by atoms with van der Waals surface area (Å²) in [5, 5.41) is 33.1. The summed E-state index contributed by atoms with van der Waals surface area (Å²) in [5.41, 5.74) is 5.70. The smallest absolute Gasteiger partial charge is 0.180 e. The van der Waals surface area contributed by atoms with E-state index in [2.05, 4.69) is 37.9 Å². The fourth-order valence-corrected chi connectivity index (χ4v) is 5.77. The number of hydrogen-bond donors (Lipinski definition) is 4. The minimum atomic E-state index is -1.55. The van der Waals surface area contributed by atoms with Crippen molar-refractivity contribution in [3.63, 3.8) is 0 Å². The molecule has 0 bridgehead atoms. The maximum Gasteiger partial charge on any atom is 0.180 e. The number of ether oxygens (including phenoxy) is 2. The zero-order chi connectivity index (χ0) is 25.4. The van der Waals surface area contributed by atoms with Crippen molar-refractivity contribution < 1.29 is 19.7 Å². The first-order valence-electron chi connectivity index (χ1n) is 10.8. The number of rotatable bonds is 6. The van der Waals surface area contributed by atoms with E-state index in [4.69, 9.17) is 26.8 Å². The van der Waals surface area contributed by atoms with Crippen molar-refractivity contribution in [3.8, 4) is 22.8 Å². The number of halogens is 1. The van der Waals surface area contributed by atoms with E-state index in [0.717, 1.165) is 0 Å². The molecule has 5 atom stereocenters. The van der Waals surface area contributed by atoms with Crippen LogP contribution in [0.25, 0.3) is 22.8 Å². The van der Waals surface area contributed by atoms with Crippen LogP contribution < -0.4 is 5.73 Å². The van der Waals surface area contributed by atoms with Gasteiger partial charge in [-0.15, -0.1) is 29.1 Å². The van der Waals surface area contributed by atoms with Crippen molar-refractivity contribution in [1.29, 1.82) is 0 Å². The Hall–Kier alpha value is -2.65. The molecule has 14 heteroatoms. The molecule has 0 spiro atoms. The highest BCUT2D eigenvalue weighted by molar-refractivity contribution is 7.80. The first-order valence-corrected chi connectivity index (χ1v) is 12.5. The molecule has 188 valence electrons. The normalized spacial score (nSPS) is 26.2. The summed E-state index contributed by atoms with van der Waals surface area (Å²) in [6.45, 7) is -0.493. The number of thiol groups is 1. The molecule has 0 unspecified atom stereocenters. The van der Waals surface area contributed by atoms with Crippen LogP contribution >= 0.6 is 35.6 Å². The van der Waals surface area contributed by atoms with Gasteiger partial charge in [0.2, 0.25) is 0 Å². The second-order valence-electron chi connectivity index (χ2n) is 8.06. The lowest BCUT2D eigenvalue weighted by Gasteiger charge is -2.51. The highest BCUT2D eigenvalue weighted by Gasteiger charge is 2.60. The van der Waals surface area contributed by atoms with Gasteiger partial charge in [-0.1, -0.05) is 22.9 Å². The predicted molar refractivity (Wildman–Crippen MR) is 137 cm³/mol. The molecule has 1 aliphatic heterocycles. The third kappa shape index (κ3) is 4.06. The third-order valence-corrected chi connectivity index (χ3v) is 7.37. The second kappa shape index (κ2) is 10.0. The Labute approximate surface area is 220 Å². The Morgan fingerprint density at radius 3 is 2.81 bits per heavy atom. The Bertz CT molecular complexity index is 1360. The van der Waals surface area contributed by atoms with E-state index in [1.165, 1.54) is 29.3 Å². The van der Waals surface area contributed by atoms with Gasteiger partial charge in [0.1, 0.15) is 40.7 Å². The Kier molecular flexibility index (Phi) is 6.96. The van der Waals surface area contributed by atoms with Crippen LogP contribution in [-0.4, -0.2) is 77.6 Å². The summed E-state index contributed by atoms with van der Waals surface area (Å²) < 4.78 is 13.1. The molecule has 5 heterocycles. The van der Waals surface area contributed by atoms with E-state index in [9.17, 15) is 10.2 Å². The van der Waals surface area contributed by atoms with Crippen molar-refractivity contribution >= 4 is 40.7 Å². The molecule has 0 aromatic carbocycles. The quantitative estimate of drug-likeness (QED) is 0.263. The van der Waals surface area contributed by atoms with Crippen LogP contribution in [0.4, 0.5) is 5.13 Å². The number of aliphatic hydroxyl groups is 2. The van der Waals surface area contributed by atoms with E-state index in [1.807, 2.05) is 6.07 Å². The minimum Gasteiger partial charge on any atom is -0.394 e. The number of aliphatic hydroxyl groups excluding tert-OH is 2. The lowest BCUT2D eigenvalue weighted by Crippen LogP contribution is -2.68. The summed E-state index contributed by atoms with van der Waals surface area (Å²) >= 11 is 12.3. The van der Waals surface area contributed by atoms with Crippen molar-refractivity contribution in [2.24, 2.45) is 0 Å². The molecule has 36 heavy (non-hydrogen) atoms. The van der Waals surface area contributed by atoms with E-state index >= 15 is 0 Å². The fourth-order valence-electron chi connectivity index (χ4n) is 4.55. The van der Waals surface area contributed by atoms with Crippen LogP contribution in [0.3, 0.4) is 0 Å². The predicted octanol–water partition coefficient (Wildman–Crippen LogP) is 1.86. The molecule has 1 aliphatic rings. The van der Waals surface area contributed by atoms with Gasteiger partial charge in [0.05, 0.1) is 29.2 Å². The lowest BCUT2D eigenvalue weighted by atomic mass is 9.74. The topological polar surface area (TPSA) is 154 Å². The Morgan fingerprint density at radius 2 is 2.14 bits per heavy atom. The summed E-state index contributed by atoms with van der Waals surface area (Å²) in [4.78, 5) is 13.3. The van der Waals surface area contributed by atoms with Gasteiger partial charge in [-0.25, -0.2) is 9.67 Å². The van der Waals surface area contributed by atoms with Gasteiger partial charge >= 0.3 is 0 Å². The van der Waals surface area contributed by atoms with E-state index in [0.29, 0.717) is 38.5 Å². The minimum absolute atomic E-state index is 0.307. The monoisotopic (exact) mass is 547 g/mol. The zero-order valence-electron chi connectivity index (χ0n) is 18.8. The maximum atomic E-state index is 11.8. The van der Waals surface area contributed by atoms with Gasteiger partial charge in [-0.3, -0.25) is 9.97 Å². The van der Waals surface area contributed by atoms with E-state index in [-0.39, 0.29) is 0 Å². The Balaban J connectivity index is 1.83. The van der Waals surface area contributed by atoms with Gasteiger partial charge in [0, 0.05) is 30.4 Å². The first kappa shape index (κ1) is 25.0. The zero-order valence-corrected chi connectivity index (χ0v) is 21.3. The third-order valence-electron chi connectivity index (χ3n) is 6.09. The molecule has 0 saturated carbocycles. The lowest BCUT2D eigenvalue weighted by molar-refractivity contribution is -0.213. The molecule has 0 aliphatic carbocycles. The molecule has 4 N–H and O–H groups in total. The van der Waals surface area contributed by atoms with Crippen molar-refractivity contribution in [2.75, 3.05) is 19.5 Å². The van der Waals surface area contributed by atoms with Gasteiger partial charge in [-0.2, -0.15) is 0 Å². The van der Waals surface area contributed by atoms with Crippen LogP contribution in [0.5, 0.6) is 0 Å². The SMILES string of the molecule is CO[C@@H]1[C@H](S)O[C@@H](CO)[C@@H](O)[C@@]1(c1cc(Cl)cnc1-c1ccccn1)n1cc(-c2csc(N)n2)nn1. The number of hydrogen-bond acceptors (Lipinski definition) is 12. The average molecular weight is 548 g/mol. The summed E-state index contributed by atoms with van der Waals surface area (Å²) in [7, 11) is 1.47. The van der Waals surface area contributed by atoms with Crippen molar-refractivity contribution in [3.05, 3.63) is 58.8 Å². The molecule has 1 saturated heterocycles. The van der Waals surface area contributed by atoms with E-state index < -0.39 is 35.9 Å². The van der Waals surface area contributed by atoms with E-state index in [1.54, 1.807) is 36.0 Å². The van der Waals surface area contributed by atoms with Crippen LogP contribution in [0.2, 0.25) is 5.02 Å². The molecule has 4 aromatic heterocycles. The molecule has 0 amide bonds. The van der Waals surface area contributed by atoms with Gasteiger partial charge < -0.3 is 25.4 Å². The number of nitrogens with zero attached hydrogens (tertiary/aromatic N) is 6. The maximum absolute atomic E-state index is 11.8. The first-order chi connectivity index (χ1) is 17.4. The molecule has 1 fully saturated rings. The number of nitrogen functional groups attached to an aromatic ring is 1. The average Bonchev–Trinajstić information content (AvgIpc) is 3.55. The summed E-state index contributed by atoms with van der Waals surface area (Å²) in [6, 6.07) is 7.05. The molecule has 0 radical (unpaired) electrons. The number of anilines is 1. The number of thiazole rings is 1. The molecule has 5 rings (SSSR count). The molecular weight excluding hydrogens is 526 g/mol. The summed E-state index contributed by atoms with van der Waals surface area (Å²) in [5.74, 6) is 0. The number of pyridine rings is 2. The van der Waals surface area contributed by atoms with Crippen molar-refractivity contribution in [2.45, 2.75) is 29.3 Å². The van der Waals surface area contributed by atoms with Gasteiger partial charge in [-0.05, 0) is 18.2 Å². The highest BCUT2D eigenvalue weighted by Crippen LogP contribution is 2.47. The molecular formula is C22H22ClN7O4S2. The van der Waals surface area contributed by atoms with Gasteiger partial charge in [0.25, 0.3) is 0 Å². The van der Waals surface area contributed by atoms with Crippen LogP contribution in [0.1, 0.15) is 5.56 Å². The largest absolute Gasteiger partial charge is 0.394 e. The highest BCUT2D eigenvalue weighted by atomic mass is 35.5. The fraction of sp³-hybridized carbons (Fsp3) is 0.318. The number of aromatic nitrogens is 6. The van der Waals surface area contributed by atoms with Crippen molar-refractivity contribution in [1.82, 2.24) is 29.9 Å². The molecule has 11 nitrogen and oxygen atoms in total. The van der Waals surface area contributed by atoms with Crippen LogP contribution in [-0.2, 0) is 15.0 Å². The molecule has 4 aromatic rings. The Morgan fingerprint density at radius 1 is 1.31 bits per heavy atom. The summed E-state index contributed by atoms with van der Waals surface area (Å²) in [6.07, 6.45) is 1.37. The van der Waals surface area contributed by atoms with Crippen LogP contribution in [0, 0.1) is 0 Å².